The first-order valence-electron chi connectivity index (χ1n) is 6.22. The number of nitrogens with zero attached hydrogens (tertiary/aromatic N) is 1. The molecule has 112 valence electrons. The number of rotatable bonds is 5. The number of allylic oxidation sites excluding steroid dienone is 1. The van der Waals surface area contributed by atoms with Gasteiger partial charge in [-0.05, 0) is 35.9 Å². The van der Waals surface area contributed by atoms with E-state index in [1.807, 2.05) is 6.07 Å². The zero-order valence-corrected chi connectivity index (χ0v) is 13.5. The Hall–Kier alpha value is -2.52. The van der Waals surface area contributed by atoms with E-state index >= 15 is 0 Å². The van der Waals surface area contributed by atoms with Crippen LogP contribution in [-0.4, -0.2) is 20.0 Å². The minimum absolute atomic E-state index is 0.0390. The van der Waals surface area contributed by atoms with Crippen molar-refractivity contribution < 1.29 is 18.7 Å². The number of ether oxygens (including phenoxy) is 2. The average Bonchev–Trinajstić information content (AvgIpc) is 3.07. The van der Waals surface area contributed by atoms with Crippen LogP contribution in [0, 0.1) is 11.3 Å². The summed E-state index contributed by atoms with van der Waals surface area (Å²) in [6, 6.07) is 8.38. The summed E-state index contributed by atoms with van der Waals surface area (Å²) in [5.41, 5.74) is 0.581. The summed E-state index contributed by atoms with van der Waals surface area (Å²) in [7, 11) is 3.04. The SMILES string of the molecule is COc1cc(Br)c(/C=C(\C#N)C(=O)c2ccco2)cc1OC. The summed E-state index contributed by atoms with van der Waals surface area (Å²) in [6.45, 7) is 0. The molecule has 0 atom stereocenters. The highest BCUT2D eigenvalue weighted by atomic mass is 79.9. The van der Waals surface area contributed by atoms with E-state index in [4.69, 9.17) is 13.9 Å². The second-order valence-corrected chi connectivity index (χ2v) is 5.06. The number of Topliss-reactive ketones (excluding diaryl/α,β-unsaturated/α-hetero) is 1. The number of hydrogen-bond donors (Lipinski definition) is 0. The van der Waals surface area contributed by atoms with Gasteiger partial charge >= 0.3 is 0 Å². The smallest absolute Gasteiger partial charge is 0.238 e. The Bertz CT molecular complexity index is 757. The lowest BCUT2D eigenvalue weighted by Gasteiger charge is -2.10. The lowest BCUT2D eigenvalue weighted by molar-refractivity contribution is 0.101. The van der Waals surface area contributed by atoms with Crippen LogP contribution in [0.2, 0.25) is 0 Å². The van der Waals surface area contributed by atoms with Crippen molar-refractivity contribution in [3.05, 3.63) is 51.9 Å². The maximum atomic E-state index is 12.2. The molecule has 6 heteroatoms. The van der Waals surface area contributed by atoms with E-state index < -0.39 is 5.78 Å². The third-order valence-corrected chi connectivity index (χ3v) is 3.60. The second-order valence-electron chi connectivity index (χ2n) is 4.20. The first kappa shape index (κ1) is 15.9. The Kier molecular flexibility index (Phi) is 5.02. The molecule has 22 heavy (non-hydrogen) atoms. The first-order valence-corrected chi connectivity index (χ1v) is 7.01. The van der Waals surface area contributed by atoms with Gasteiger partial charge in [0.05, 0.1) is 20.5 Å². The predicted molar refractivity (Wildman–Crippen MR) is 83.9 cm³/mol. The van der Waals surface area contributed by atoms with Gasteiger partial charge in [-0.3, -0.25) is 4.79 Å². The fourth-order valence-electron chi connectivity index (χ4n) is 1.83. The molecule has 0 saturated heterocycles. The Morgan fingerprint density at radius 1 is 1.32 bits per heavy atom. The number of furan rings is 1. The molecule has 0 aliphatic rings. The van der Waals surface area contributed by atoms with E-state index in [9.17, 15) is 10.1 Å². The van der Waals surface area contributed by atoms with Crippen LogP contribution < -0.4 is 9.47 Å². The number of carbonyl (C=O) groups is 1. The van der Waals surface area contributed by atoms with Gasteiger partial charge in [0.2, 0.25) is 5.78 Å². The molecule has 0 saturated carbocycles. The maximum Gasteiger partial charge on any atom is 0.238 e. The molecule has 0 N–H and O–H groups in total. The van der Waals surface area contributed by atoms with Gasteiger partial charge in [0, 0.05) is 4.47 Å². The molecule has 0 fully saturated rings. The third kappa shape index (κ3) is 3.21. The summed E-state index contributed by atoms with van der Waals surface area (Å²) in [4.78, 5) is 12.2. The van der Waals surface area contributed by atoms with Crippen LogP contribution in [0.3, 0.4) is 0 Å². The van der Waals surface area contributed by atoms with Crippen molar-refractivity contribution in [2.45, 2.75) is 0 Å². The van der Waals surface area contributed by atoms with E-state index in [2.05, 4.69) is 15.9 Å². The Morgan fingerprint density at radius 2 is 2.00 bits per heavy atom. The van der Waals surface area contributed by atoms with Crippen molar-refractivity contribution in [1.29, 1.82) is 5.26 Å². The molecule has 0 radical (unpaired) electrons. The average molecular weight is 362 g/mol. The fourth-order valence-corrected chi connectivity index (χ4v) is 2.26. The molecule has 0 aliphatic heterocycles. The number of benzene rings is 1. The van der Waals surface area contributed by atoms with Gasteiger partial charge in [-0.2, -0.15) is 5.26 Å². The molecule has 0 spiro atoms. The minimum Gasteiger partial charge on any atom is -0.493 e. The molecule has 0 aliphatic carbocycles. The number of nitriles is 1. The van der Waals surface area contributed by atoms with Gasteiger partial charge < -0.3 is 13.9 Å². The van der Waals surface area contributed by atoms with Crippen LogP contribution in [0.15, 0.2) is 45.0 Å². The van der Waals surface area contributed by atoms with Crippen LogP contribution in [0.5, 0.6) is 11.5 Å². The molecule has 5 nitrogen and oxygen atoms in total. The van der Waals surface area contributed by atoms with E-state index in [0.29, 0.717) is 21.5 Å². The lowest BCUT2D eigenvalue weighted by Crippen LogP contribution is -2.00. The molecule has 1 heterocycles. The van der Waals surface area contributed by atoms with E-state index in [-0.39, 0.29) is 11.3 Å². The number of hydrogen-bond acceptors (Lipinski definition) is 5. The summed E-state index contributed by atoms with van der Waals surface area (Å²) in [6.07, 6.45) is 2.85. The standard InChI is InChI=1S/C16H12BrNO4/c1-20-14-7-10(12(17)8-15(14)21-2)6-11(9-18)16(19)13-4-3-5-22-13/h3-8H,1-2H3/b11-6+. The largest absolute Gasteiger partial charge is 0.493 e. The van der Waals surface area contributed by atoms with Crippen LogP contribution in [0.1, 0.15) is 16.1 Å². The number of ketones is 1. The van der Waals surface area contributed by atoms with Gasteiger partial charge in [-0.15, -0.1) is 0 Å². The zero-order chi connectivity index (χ0) is 16.1. The Balaban J connectivity index is 2.46. The molecule has 1 aromatic heterocycles. The third-order valence-electron chi connectivity index (χ3n) is 2.91. The van der Waals surface area contributed by atoms with Gasteiger partial charge in [0.15, 0.2) is 17.3 Å². The van der Waals surface area contributed by atoms with Crippen molar-refractivity contribution in [2.75, 3.05) is 14.2 Å². The van der Waals surface area contributed by atoms with E-state index in [1.54, 1.807) is 18.2 Å². The summed E-state index contributed by atoms with van der Waals surface area (Å²) < 4.78 is 16.1. The van der Waals surface area contributed by atoms with Crippen LogP contribution >= 0.6 is 15.9 Å². The highest BCUT2D eigenvalue weighted by Gasteiger charge is 2.16. The van der Waals surface area contributed by atoms with Crippen molar-refractivity contribution in [2.24, 2.45) is 0 Å². The maximum absolute atomic E-state index is 12.2. The van der Waals surface area contributed by atoms with E-state index in [1.165, 1.54) is 32.6 Å². The molecule has 0 amide bonds. The lowest BCUT2D eigenvalue weighted by atomic mass is 10.1. The van der Waals surface area contributed by atoms with Crippen molar-refractivity contribution in [3.8, 4) is 17.6 Å². The molecule has 1 aromatic carbocycles. The van der Waals surface area contributed by atoms with Crippen LogP contribution in [0.25, 0.3) is 6.08 Å². The van der Waals surface area contributed by atoms with Gasteiger partial charge in [-0.25, -0.2) is 0 Å². The summed E-state index contributed by atoms with van der Waals surface area (Å²) in [5.74, 6) is 0.681. The van der Waals surface area contributed by atoms with Gasteiger partial charge in [-0.1, -0.05) is 15.9 Å². The summed E-state index contributed by atoms with van der Waals surface area (Å²) >= 11 is 3.38. The quantitative estimate of drug-likeness (QED) is 0.459. The molecular weight excluding hydrogens is 350 g/mol. The highest BCUT2D eigenvalue weighted by Crippen LogP contribution is 2.34. The number of halogens is 1. The van der Waals surface area contributed by atoms with Gasteiger partial charge in [0.25, 0.3) is 0 Å². The molecular formula is C16H12BrNO4. The molecule has 2 rings (SSSR count). The number of carbonyl (C=O) groups excluding carboxylic acids is 1. The van der Waals surface area contributed by atoms with Crippen molar-refractivity contribution >= 4 is 27.8 Å². The first-order chi connectivity index (χ1) is 10.6. The Morgan fingerprint density at radius 3 is 2.55 bits per heavy atom. The molecule has 2 aromatic rings. The molecule has 0 bridgehead atoms. The molecule has 0 unspecified atom stereocenters. The fraction of sp³-hybridized carbons (Fsp3) is 0.125. The van der Waals surface area contributed by atoms with Crippen LogP contribution in [0.4, 0.5) is 0 Å². The topological polar surface area (TPSA) is 72.5 Å². The minimum atomic E-state index is -0.478. The van der Waals surface area contributed by atoms with E-state index in [0.717, 1.165) is 0 Å². The number of methoxy groups -OCH3 is 2. The zero-order valence-electron chi connectivity index (χ0n) is 11.9. The normalized spacial score (nSPS) is 10.9. The highest BCUT2D eigenvalue weighted by molar-refractivity contribution is 9.10. The summed E-state index contributed by atoms with van der Waals surface area (Å²) in [5, 5.41) is 9.22. The Labute approximate surface area is 135 Å². The monoisotopic (exact) mass is 361 g/mol. The predicted octanol–water partition coefficient (Wildman–Crippen LogP) is 3.85. The second kappa shape index (κ2) is 6.96. The van der Waals surface area contributed by atoms with Crippen LogP contribution in [-0.2, 0) is 0 Å². The van der Waals surface area contributed by atoms with Crippen molar-refractivity contribution in [1.82, 2.24) is 0 Å². The van der Waals surface area contributed by atoms with Gasteiger partial charge in [0.1, 0.15) is 11.6 Å². The van der Waals surface area contributed by atoms with Crippen molar-refractivity contribution in [3.63, 3.8) is 0 Å².